The van der Waals surface area contributed by atoms with Crippen molar-refractivity contribution in [3.63, 3.8) is 0 Å². The summed E-state index contributed by atoms with van der Waals surface area (Å²) in [5.41, 5.74) is 2.58. The minimum Gasteiger partial charge on any atom is -0.497 e. The van der Waals surface area contributed by atoms with E-state index in [1.165, 1.54) is 24.1 Å². The molecule has 0 unspecified atom stereocenters. The van der Waals surface area contributed by atoms with Crippen molar-refractivity contribution in [2.24, 2.45) is 0 Å². The summed E-state index contributed by atoms with van der Waals surface area (Å²) < 4.78 is 40.7. The highest BCUT2D eigenvalue weighted by Gasteiger charge is 2.36. The number of ether oxygens (including phenoxy) is 2. The predicted octanol–water partition coefficient (Wildman–Crippen LogP) is 5.76. The zero-order chi connectivity index (χ0) is 34.0. The van der Waals surface area contributed by atoms with Crippen LogP contribution in [0, 0.1) is 6.92 Å². The summed E-state index contributed by atoms with van der Waals surface area (Å²) in [5, 5.41) is 3.05. The molecule has 0 saturated heterocycles. The topological polar surface area (TPSA) is 105 Å². The molecule has 0 radical (unpaired) electrons. The van der Waals surface area contributed by atoms with Crippen molar-refractivity contribution in [1.29, 1.82) is 0 Å². The Balaban J connectivity index is 1.86. The van der Waals surface area contributed by atoms with Gasteiger partial charge in [-0.15, -0.1) is 0 Å². The second kappa shape index (κ2) is 16.1. The SMILES string of the molecule is CC[C@H](C)NC(=O)[C@H](Cc1ccccc1)N(Cc1cccc(OC)c1)C(=O)CN(c1cc(C)ccc1OC)S(=O)(=O)c1ccccc1. The van der Waals surface area contributed by atoms with Gasteiger partial charge < -0.3 is 19.7 Å². The van der Waals surface area contributed by atoms with Gasteiger partial charge in [0.05, 0.1) is 24.8 Å². The maximum Gasteiger partial charge on any atom is 0.264 e. The van der Waals surface area contributed by atoms with Gasteiger partial charge in [-0.25, -0.2) is 8.42 Å². The Bertz CT molecular complexity index is 1750. The molecule has 0 bridgehead atoms. The van der Waals surface area contributed by atoms with Gasteiger partial charge in [0.2, 0.25) is 11.8 Å². The van der Waals surface area contributed by atoms with Crippen LogP contribution < -0.4 is 19.1 Å². The molecule has 0 aliphatic heterocycles. The van der Waals surface area contributed by atoms with Gasteiger partial charge in [-0.1, -0.05) is 73.7 Å². The zero-order valence-corrected chi connectivity index (χ0v) is 28.4. The highest BCUT2D eigenvalue weighted by atomic mass is 32.2. The van der Waals surface area contributed by atoms with Gasteiger partial charge in [-0.05, 0) is 73.4 Å². The smallest absolute Gasteiger partial charge is 0.264 e. The molecule has 10 heteroatoms. The van der Waals surface area contributed by atoms with E-state index in [4.69, 9.17) is 9.47 Å². The van der Waals surface area contributed by atoms with Crippen LogP contribution >= 0.6 is 0 Å². The molecule has 4 rings (SSSR count). The molecule has 47 heavy (non-hydrogen) atoms. The van der Waals surface area contributed by atoms with Gasteiger partial charge in [-0.2, -0.15) is 0 Å². The number of carbonyl (C=O) groups excluding carboxylic acids is 2. The van der Waals surface area contributed by atoms with Crippen molar-refractivity contribution in [2.45, 2.75) is 57.1 Å². The van der Waals surface area contributed by atoms with Crippen molar-refractivity contribution >= 4 is 27.5 Å². The van der Waals surface area contributed by atoms with Crippen molar-refractivity contribution < 1.29 is 27.5 Å². The van der Waals surface area contributed by atoms with Crippen molar-refractivity contribution in [3.8, 4) is 11.5 Å². The van der Waals surface area contributed by atoms with Crippen LogP contribution in [0.4, 0.5) is 5.69 Å². The number of hydrogen-bond donors (Lipinski definition) is 1. The number of amides is 2. The van der Waals surface area contributed by atoms with E-state index in [9.17, 15) is 18.0 Å². The number of hydrogen-bond acceptors (Lipinski definition) is 6. The number of sulfonamides is 1. The third-order valence-electron chi connectivity index (χ3n) is 7.97. The highest BCUT2D eigenvalue weighted by molar-refractivity contribution is 7.92. The number of methoxy groups -OCH3 is 2. The first-order chi connectivity index (χ1) is 22.6. The maximum atomic E-state index is 14.7. The van der Waals surface area contributed by atoms with Crippen LogP contribution in [0.3, 0.4) is 0 Å². The van der Waals surface area contributed by atoms with E-state index in [1.54, 1.807) is 49.6 Å². The number of benzene rings is 4. The Morgan fingerprint density at radius 1 is 0.830 bits per heavy atom. The molecule has 0 fully saturated rings. The first kappa shape index (κ1) is 35.0. The number of anilines is 1. The second-order valence-corrected chi connectivity index (χ2v) is 13.3. The standard InChI is InChI=1S/C37H43N3O6S/c1-6-28(3)38-37(42)34(24-29-14-9-7-10-15-29)39(25-30-16-13-17-31(23-30)45-4)36(41)26-40(33-22-27(2)20-21-35(33)46-5)47(43,44)32-18-11-8-12-19-32/h7-23,28,34H,6,24-26H2,1-5H3,(H,38,42)/t28-,34-/m0/s1. The molecule has 0 heterocycles. The molecule has 4 aromatic rings. The van der Waals surface area contributed by atoms with E-state index in [-0.39, 0.29) is 41.2 Å². The lowest BCUT2D eigenvalue weighted by Crippen LogP contribution is -2.54. The van der Waals surface area contributed by atoms with Crippen LogP contribution in [0.5, 0.6) is 11.5 Å². The molecule has 4 aromatic carbocycles. The van der Waals surface area contributed by atoms with Crippen molar-refractivity contribution in [3.05, 3.63) is 120 Å². The monoisotopic (exact) mass is 657 g/mol. The van der Waals surface area contributed by atoms with Gasteiger partial charge in [-0.3, -0.25) is 13.9 Å². The lowest BCUT2D eigenvalue weighted by molar-refractivity contribution is -0.140. The molecule has 9 nitrogen and oxygen atoms in total. The lowest BCUT2D eigenvalue weighted by atomic mass is 10.0. The molecule has 0 aliphatic carbocycles. The summed E-state index contributed by atoms with van der Waals surface area (Å²) in [7, 11) is -1.25. The fourth-order valence-corrected chi connectivity index (χ4v) is 6.63. The fourth-order valence-electron chi connectivity index (χ4n) is 5.19. The third kappa shape index (κ3) is 8.92. The summed E-state index contributed by atoms with van der Waals surface area (Å²) in [6.07, 6.45) is 0.919. The molecule has 0 spiro atoms. The Kier molecular flexibility index (Phi) is 12.0. The molecule has 1 N–H and O–H groups in total. The maximum absolute atomic E-state index is 14.7. The van der Waals surface area contributed by atoms with Crippen molar-refractivity contribution in [1.82, 2.24) is 10.2 Å². The first-order valence-corrected chi connectivity index (χ1v) is 17.0. The Morgan fingerprint density at radius 2 is 1.49 bits per heavy atom. The van der Waals surface area contributed by atoms with Crippen molar-refractivity contribution in [2.75, 3.05) is 25.1 Å². The number of rotatable bonds is 15. The summed E-state index contributed by atoms with van der Waals surface area (Å²) in [5.74, 6) is -0.00452. The van der Waals surface area contributed by atoms with Gasteiger partial charge in [0.25, 0.3) is 10.0 Å². The van der Waals surface area contributed by atoms with Crippen LogP contribution in [0.25, 0.3) is 0 Å². The minimum absolute atomic E-state index is 0.0195. The molecular weight excluding hydrogens is 614 g/mol. The Hall–Kier alpha value is -4.83. The van der Waals surface area contributed by atoms with Gasteiger partial charge in [0.15, 0.2) is 0 Å². The fraction of sp³-hybridized carbons (Fsp3) is 0.297. The van der Waals surface area contributed by atoms with E-state index >= 15 is 0 Å². The van der Waals surface area contributed by atoms with Crippen LogP contribution in [-0.2, 0) is 32.6 Å². The summed E-state index contributed by atoms with van der Waals surface area (Å²) in [6.45, 7) is 5.17. The van der Waals surface area contributed by atoms with Gasteiger partial charge >= 0.3 is 0 Å². The molecular formula is C37H43N3O6S. The molecule has 248 valence electrons. The van der Waals surface area contributed by atoms with Gasteiger partial charge in [0.1, 0.15) is 24.1 Å². The third-order valence-corrected chi connectivity index (χ3v) is 9.75. The minimum atomic E-state index is -4.26. The Morgan fingerprint density at radius 3 is 2.13 bits per heavy atom. The quantitative estimate of drug-likeness (QED) is 0.174. The van der Waals surface area contributed by atoms with E-state index in [2.05, 4.69) is 5.32 Å². The lowest BCUT2D eigenvalue weighted by Gasteiger charge is -2.34. The molecule has 0 aliphatic rings. The summed E-state index contributed by atoms with van der Waals surface area (Å²) in [4.78, 5) is 30.2. The number of carbonyl (C=O) groups is 2. The Labute approximate surface area is 278 Å². The second-order valence-electron chi connectivity index (χ2n) is 11.4. The number of nitrogens with zero attached hydrogens (tertiary/aromatic N) is 2. The number of nitrogens with one attached hydrogen (secondary N) is 1. The largest absolute Gasteiger partial charge is 0.497 e. The van der Waals surface area contributed by atoms with Crippen LogP contribution in [0.15, 0.2) is 108 Å². The number of aryl methyl sites for hydroxylation is 1. The van der Waals surface area contributed by atoms with Crippen LogP contribution in [-0.4, -0.2) is 58.0 Å². The van der Waals surface area contributed by atoms with E-state index in [0.29, 0.717) is 12.2 Å². The van der Waals surface area contributed by atoms with Gasteiger partial charge in [0, 0.05) is 19.0 Å². The van der Waals surface area contributed by atoms with Crippen LogP contribution in [0.2, 0.25) is 0 Å². The van der Waals surface area contributed by atoms with E-state index in [0.717, 1.165) is 21.0 Å². The normalized spacial score (nSPS) is 12.4. The molecule has 0 saturated carbocycles. The molecule has 2 amide bonds. The van der Waals surface area contributed by atoms with E-state index in [1.807, 2.05) is 69.3 Å². The summed E-state index contributed by atoms with van der Waals surface area (Å²) in [6, 6.07) is 28.7. The average Bonchev–Trinajstić information content (AvgIpc) is 3.09. The van der Waals surface area contributed by atoms with E-state index < -0.39 is 28.5 Å². The average molecular weight is 658 g/mol. The summed E-state index contributed by atoms with van der Waals surface area (Å²) >= 11 is 0. The molecule has 2 atom stereocenters. The zero-order valence-electron chi connectivity index (χ0n) is 27.6. The highest BCUT2D eigenvalue weighted by Crippen LogP contribution is 2.34. The molecule has 0 aromatic heterocycles. The predicted molar refractivity (Wildman–Crippen MR) is 184 cm³/mol. The van der Waals surface area contributed by atoms with Crippen LogP contribution in [0.1, 0.15) is 37.0 Å². The first-order valence-electron chi connectivity index (χ1n) is 15.6.